The number of anilines is 1. The second-order valence-electron chi connectivity index (χ2n) is 4.67. The van der Waals surface area contributed by atoms with Crippen LogP contribution < -0.4 is 4.90 Å². The summed E-state index contributed by atoms with van der Waals surface area (Å²) in [6.07, 6.45) is 0. The van der Waals surface area contributed by atoms with E-state index < -0.39 is 12.0 Å². The minimum absolute atomic E-state index is 0.180. The molecule has 1 fully saturated rings. The Kier molecular flexibility index (Phi) is 3.80. The number of aliphatic carboxylic acids is 1. The molecule has 0 radical (unpaired) electrons. The number of carbonyl (C=O) groups excluding carboxylic acids is 1. The van der Waals surface area contributed by atoms with Crippen molar-refractivity contribution >= 4 is 33.5 Å². The molecule has 5 nitrogen and oxygen atoms in total. The zero-order valence-corrected chi connectivity index (χ0v) is 12.3. The van der Waals surface area contributed by atoms with Gasteiger partial charge in [0.2, 0.25) is 5.91 Å². The highest BCUT2D eigenvalue weighted by atomic mass is 79.9. The first-order chi connectivity index (χ1) is 8.90. The third kappa shape index (κ3) is 2.73. The third-order valence-corrected chi connectivity index (χ3v) is 3.86. The first-order valence-corrected chi connectivity index (χ1v) is 6.69. The van der Waals surface area contributed by atoms with Gasteiger partial charge in [-0.05, 0) is 30.7 Å². The van der Waals surface area contributed by atoms with Crippen molar-refractivity contribution in [1.29, 1.82) is 0 Å². The van der Waals surface area contributed by atoms with Gasteiger partial charge in [-0.25, -0.2) is 4.79 Å². The highest BCUT2D eigenvalue weighted by molar-refractivity contribution is 9.10. The van der Waals surface area contributed by atoms with E-state index in [-0.39, 0.29) is 12.5 Å². The average molecular weight is 327 g/mol. The molecule has 1 heterocycles. The van der Waals surface area contributed by atoms with Gasteiger partial charge in [0.15, 0.2) is 0 Å². The van der Waals surface area contributed by atoms with Crippen molar-refractivity contribution in [2.24, 2.45) is 0 Å². The molecule has 1 unspecified atom stereocenters. The van der Waals surface area contributed by atoms with Gasteiger partial charge in [0, 0.05) is 23.8 Å². The maximum atomic E-state index is 11.9. The maximum Gasteiger partial charge on any atom is 0.328 e. The van der Waals surface area contributed by atoms with Gasteiger partial charge in [-0.15, -0.1) is 0 Å². The Labute approximate surface area is 119 Å². The Morgan fingerprint density at radius 2 is 2.16 bits per heavy atom. The predicted molar refractivity (Wildman–Crippen MR) is 75.3 cm³/mol. The summed E-state index contributed by atoms with van der Waals surface area (Å²) in [5.41, 5.74) is 1.91. The number of piperazine rings is 1. The summed E-state index contributed by atoms with van der Waals surface area (Å²) in [7, 11) is 1.53. The average Bonchev–Trinajstić information content (AvgIpc) is 2.32. The van der Waals surface area contributed by atoms with E-state index in [1.165, 1.54) is 11.9 Å². The third-order valence-electron chi connectivity index (χ3n) is 3.36. The number of likely N-dealkylation sites (N-methyl/N-ethyl adjacent to an activating group) is 1. The van der Waals surface area contributed by atoms with E-state index in [2.05, 4.69) is 15.9 Å². The molecule has 1 aliphatic rings. The van der Waals surface area contributed by atoms with Crippen LogP contribution in [0.2, 0.25) is 0 Å². The van der Waals surface area contributed by atoms with Crippen LogP contribution in [0.4, 0.5) is 5.69 Å². The standard InChI is InChI=1S/C13H15BrN2O3/c1-8-5-9(14)3-4-10(8)16-6-11(13(18)19)15(2)12(17)7-16/h3-5,11H,6-7H2,1-2H3,(H,18,19). The quantitative estimate of drug-likeness (QED) is 0.894. The molecule has 0 bridgehead atoms. The number of carboxylic acid groups (broad SMARTS) is 1. The van der Waals surface area contributed by atoms with Gasteiger partial charge in [0.05, 0.1) is 6.54 Å². The number of hydrogen-bond donors (Lipinski definition) is 1. The van der Waals surface area contributed by atoms with Crippen molar-refractivity contribution in [2.75, 3.05) is 25.0 Å². The predicted octanol–water partition coefficient (Wildman–Crippen LogP) is 1.49. The van der Waals surface area contributed by atoms with Crippen molar-refractivity contribution in [3.05, 3.63) is 28.2 Å². The molecule has 1 N–H and O–H groups in total. The summed E-state index contributed by atoms with van der Waals surface area (Å²) in [4.78, 5) is 26.2. The van der Waals surface area contributed by atoms with E-state index in [1.807, 2.05) is 30.0 Å². The van der Waals surface area contributed by atoms with Gasteiger partial charge >= 0.3 is 5.97 Å². The van der Waals surface area contributed by atoms with E-state index in [9.17, 15) is 14.7 Å². The lowest BCUT2D eigenvalue weighted by Gasteiger charge is -2.38. The number of halogens is 1. The number of aryl methyl sites for hydroxylation is 1. The fourth-order valence-corrected chi connectivity index (χ4v) is 2.72. The summed E-state index contributed by atoms with van der Waals surface area (Å²) >= 11 is 3.39. The van der Waals surface area contributed by atoms with E-state index in [0.29, 0.717) is 6.54 Å². The summed E-state index contributed by atoms with van der Waals surface area (Å²) in [5.74, 6) is -1.16. The van der Waals surface area contributed by atoms with E-state index in [0.717, 1.165) is 15.7 Å². The first kappa shape index (κ1) is 13.9. The van der Waals surface area contributed by atoms with E-state index >= 15 is 0 Å². The molecule has 0 saturated carbocycles. The molecule has 19 heavy (non-hydrogen) atoms. The van der Waals surface area contributed by atoms with Crippen molar-refractivity contribution in [1.82, 2.24) is 4.90 Å². The second-order valence-corrected chi connectivity index (χ2v) is 5.59. The van der Waals surface area contributed by atoms with Crippen LogP contribution in [0.15, 0.2) is 22.7 Å². The van der Waals surface area contributed by atoms with Gasteiger partial charge in [-0.1, -0.05) is 15.9 Å². The zero-order chi connectivity index (χ0) is 14.2. The lowest BCUT2D eigenvalue weighted by atomic mass is 10.1. The second kappa shape index (κ2) is 5.21. The lowest BCUT2D eigenvalue weighted by molar-refractivity contribution is -0.149. The van der Waals surface area contributed by atoms with Crippen LogP contribution >= 0.6 is 15.9 Å². The molecular formula is C13H15BrN2O3. The minimum atomic E-state index is -0.977. The van der Waals surface area contributed by atoms with Gasteiger partial charge < -0.3 is 14.9 Å². The van der Waals surface area contributed by atoms with Crippen molar-refractivity contribution in [3.63, 3.8) is 0 Å². The Bertz CT molecular complexity index is 533. The summed E-state index contributed by atoms with van der Waals surface area (Å²) < 4.78 is 0.962. The van der Waals surface area contributed by atoms with Crippen LogP contribution in [0, 0.1) is 6.92 Å². The zero-order valence-electron chi connectivity index (χ0n) is 10.8. The molecule has 6 heteroatoms. The first-order valence-electron chi connectivity index (χ1n) is 5.89. The number of nitrogens with zero attached hydrogens (tertiary/aromatic N) is 2. The van der Waals surface area contributed by atoms with Gasteiger partial charge in [-0.3, -0.25) is 4.79 Å². The Morgan fingerprint density at radius 3 is 2.74 bits per heavy atom. The van der Waals surface area contributed by atoms with Gasteiger partial charge in [0.25, 0.3) is 0 Å². The highest BCUT2D eigenvalue weighted by Gasteiger charge is 2.35. The Morgan fingerprint density at radius 1 is 1.47 bits per heavy atom. The van der Waals surface area contributed by atoms with Crippen LogP contribution in [-0.2, 0) is 9.59 Å². The molecular weight excluding hydrogens is 312 g/mol. The summed E-state index contributed by atoms with van der Waals surface area (Å²) in [5, 5.41) is 9.18. The lowest BCUT2D eigenvalue weighted by Crippen LogP contribution is -2.58. The van der Waals surface area contributed by atoms with Crippen molar-refractivity contribution in [2.45, 2.75) is 13.0 Å². The number of amides is 1. The molecule has 1 saturated heterocycles. The normalized spacial score (nSPS) is 19.7. The summed E-state index contributed by atoms with van der Waals surface area (Å²) in [6, 6.07) is 4.94. The SMILES string of the molecule is Cc1cc(Br)ccc1N1CC(=O)N(C)C(C(=O)O)C1. The molecule has 0 aliphatic carbocycles. The molecule has 1 aromatic rings. The number of carbonyl (C=O) groups is 2. The highest BCUT2D eigenvalue weighted by Crippen LogP contribution is 2.26. The Balaban J connectivity index is 2.30. The van der Waals surface area contributed by atoms with Crippen molar-refractivity contribution in [3.8, 4) is 0 Å². The van der Waals surface area contributed by atoms with Gasteiger partial charge in [0.1, 0.15) is 6.04 Å². The number of hydrogen-bond acceptors (Lipinski definition) is 3. The van der Waals surface area contributed by atoms with Crippen LogP contribution in [0.3, 0.4) is 0 Å². The Hall–Kier alpha value is -1.56. The molecule has 1 atom stereocenters. The van der Waals surface area contributed by atoms with Crippen LogP contribution in [0.25, 0.3) is 0 Å². The van der Waals surface area contributed by atoms with Crippen LogP contribution in [-0.4, -0.2) is 48.1 Å². The monoisotopic (exact) mass is 326 g/mol. The number of rotatable bonds is 2. The molecule has 0 aromatic heterocycles. The molecule has 1 aliphatic heterocycles. The van der Waals surface area contributed by atoms with E-state index in [4.69, 9.17) is 0 Å². The minimum Gasteiger partial charge on any atom is -0.480 e. The largest absolute Gasteiger partial charge is 0.480 e. The molecule has 1 amide bonds. The van der Waals surface area contributed by atoms with Crippen LogP contribution in [0.5, 0.6) is 0 Å². The van der Waals surface area contributed by atoms with E-state index in [1.54, 1.807) is 0 Å². The fourth-order valence-electron chi connectivity index (χ4n) is 2.25. The van der Waals surface area contributed by atoms with Crippen LogP contribution in [0.1, 0.15) is 5.56 Å². The molecule has 102 valence electrons. The topological polar surface area (TPSA) is 60.9 Å². The number of benzene rings is 1. The maximum absolute atomic E-state index is 11.9. The molecule has 1 aromatic carbocycles. The molecule has 0 spiro atoms. The number of carboxylic acids is 1. The summed E-state index contributed by atoms with van der Waals surface area (Å²) in [6.45, 7) is 2.46. The van der Waals surface area contributed by atoms with Gasteiger partial charge in [-0.2, -0.15) is 0 Å². The molecule has 2 rings (SSSR count). The fraction of sp³-hybridized carbons (Fsp3) is 0.385. The smallest absolute Gasteiger partial charge is 0.328 e. The van der Waals surface area contributed by atoms with Crippen molar-refractivity contribution < 1.29 is 14.7 Å².